The molecular formula is C24H27N7OS. The van der Waals surface area contributed by atoms with Gasteiger partial charge in [-0.3, -0.25) is 9.88 Å². The van der Waals surface area contributed by atoms with Crippen molar-refractivity contribution in [2.24, 2.45) is 0 Å². The molecule has 1 atom stereocenters. The van der Waals surface area contributed by atoms with Gasteiger partial charge in [-0.25, -0.2) is 15.0 Å². The quantitative estimate of drug-likeness (QED) is 0.442. The van der Waals surface area contributed by atoms with Gasteiger partial charge in [0.15, 0.2) is 5.13 Å². The number of ether oxygens (including phenoxy) is 1. The summed E-state index contributed by atoms with van der Waals surface area (Å²) in [5.74, 6) is 0.787. The number of rotatable bonds is 7. The Balaban J connectivity index is 1.30. The monoisotopic (exact) mass is 461 g/mol. The van der Waals surface area contributed by atoms with Gasteiger partial charge in [-0.05, 0) is 37.3 Å². The van der Waals surface area contributed by atoms with Crippen LogP contribution in [-0.4, -0.2) is 70.8 Å². The summed E-state index contributed by atoms with van der Waals surface area (Å²) in [7, 11) is 1.76. The highest BCUT2D eigenvalue weighted by molar-refractivity contribution is 7.21. The van der Waals surface area contributed by atoms with E-state index in [1.807, 2.05) is 30.5 Å². The Morgan fingerprint density at radius 1 is 1.09 bits per heavy atom. The first-order chi connectivity index (χ1) is 16.2. The average molecular weight is 462 g/mol. The van der Waals surface area contributed by atoms with Crippen molar-refractivity contribution in [3.8, 4) is 11.3 Å². The maximum atomic E-state index is 5.23. The summed E-state index contributed by atoms with van der Waals surface area (Å²) < 4.78 is 5.23. The van der Waals surface area contributed by atoms with Crippen LogP contribution in [0.4, 0.5) is 16.6 Å². The molecule has 33 heavy (non-hydrogen) atoms. The zero-order valence-electron chi connectivity index (χ0n) is 18.8. The smallest absolute Gasteiger partial charge is 0.190 e. The average Bonchev–Trinajstić information content (AvgIpc) is 3.25. The van der Waals surface area contributed by atoms with E-state index in [2.05, 4.69) is 44.1 Å². The van der Waals surface area contributed by atoms with Gasteiger partial charge in [-0.2, -0.15) is 0 Å². The highest BCUT2D eigenvalue weighted by Gasteiger charge is 2.24. The molecule has 170 valence electrons. The van der Waals surface area contributed by atoms with Crippen molar-refractivity contribution in [3.05, 3.63) is 55.0 Å². The van der Waals surface area contributed by atoms with Crippen LogP contribution in [0.3, 0.4) is 0 Å². The fourth-order valence-corrected chi connectivity index (χ4v) is 5.02. The minimum absolute atomic E-state index is 0.420. The predicted molar refractivity (Wildman–Crippen MR) is 133 cm³/mol. The molecule has 0 amide bonds. The molecule has 8 nitrogen and oxygen atoms in total. The molecule has 1 aliphatic heterocycles. The van der Waals surface area contributed by atoms with Crippen molar-refractivity contribution in [1.82, 2.24) is 24.8 Å². The van der Waals surface area contributed by atoms with Crippen LogP contribution in [0.25, 0.3) is 21.6 Å². The lowest BCUT2D eigenvalue weighted by atomic mass is 10.1. The topological polar surface area (TPSA) is 79.3 Å². The van der Waals surface area contributed by atoms with Crippen LogP contribution in [0, 0.1) is 0 Å². The summed E-state index contributed by atoms with van der Waals surface area (Å²) in [5, 5.41) is 4.16. The number of thiazole rings is 1. The Morgan fingerprint density at radius 3 is 2.79 bits per heavy atom. The maximum Gasteiger partial charge on any atom is 0.190 e. The van der Waals surface area contributed by atoms with Crippen molar-refractivity contribution in [2.45, 2.75) is 13.0 Å². The van der Waals surface area contributed by atoms with Gasteiger partial charge in [0.25, 0.3) is 0 Å². The highest BCUT2D eigenvalue weighted by Crippen LogP contribution is 2.30. The van der Waals surface area contributed by atoms with Gasteiger partial charge in [-0.1, -0.05) is 11.3 Å². The summed E-state index contributed by atoms with van der Waals surface area (Å²) in [4.78, 5) is 23.9. The van der Waals surface area contributed by atoms with E-state index in [9.17, 15) is 0 Å². The number of fused-ring (bicyclic) bond motifs is 1. The van der Waals surface area contributed by atoms with Gasteiger partial charge >= 0.3 is 0 Å². The number of pyridine rings is 3. The zero-order chi connectivity index (χ0) is 22.6. The second-order valence-electron chi connectivity index (χ2n) is 8.14. The molecule has 0 aliphatic carbocycles. The first kappa shape index (κ1) is 21.7. The van der Waals surface area contributed by atoms with Crippen LogP contribution < -0.4 is 10.2 Å². The normalized spacial score (nSPS) is 16.9. The lowest BCUT2D eigenvalue weighted by Crippen LogP contribution is -2.52. The Bertz CT molecular complexity index is 1220. The molecule has 1 N–H and O–H groups in total. The molecule has 0 radical (unpaired) electrons. The lowest BCUT2D eigenvalue weighted by molar-refractivity contribution is 0.136. The number of hydrogen-bond acceptors (Lipinski definition) is 9. The first-order valence-electron chi connectivity index (χ1n) is 11.1. The number of aromatic nitrogens is 4. The van der Waals surface area contributed by atoms with Crippen LogP contribution in [0.5, 0.6) is 0 Å². The lowest BCUT2D eigenvalue weighted by Gasteiger charge is -2.41. The molecular weight excluding hydrogens is 434 g/mol. The van der Waals surface area contributed by atoms with Gasteiger partial charge in [0, 0.05) is 75.2 Å². The number of methoxy groups -OCH3 is 1. The van der Waals surface area contributed by atoms with Crippen LogP contribution in [0.1, 0.15) is 6.92 Å². The molecule has 1 aliphatic rings. The van der Waals surface area contributed by atoms with Gasteiger partial charge in [0.1, 0.15) is 16.2 Å². The first-order valence-corrected chi connectivity index (χ1v) is 11.9. The number of hydrogen-bond donors (Lipinski definition) is 1. The minimum Gasteiger partial charge on any atom is -0.383 e. The van der Waals surface area contributed by atoms with E-state index in [0.29, 0.717) is 6.04 Å². The van der Waals surface area contributed by atoms with Crippen molar-refractivity contribution < 1.29 is 4.74 Å². The van der Waals surface area contributed by atoms with E-state index in [4.69, 9.17) is 14.7 Å². The van der Waals surface area contributed by atoms with Gasteiger partial charge in [0.05, 0.1) is 12.3 Å². The largest absolute Gasteiger partial charge is 0.383 e. The SMILES string of the molecule is COCCN1CCN(c2ccnc(Nc3nc4ccc(-c5ccncc5)nc4s3)c2)[C@H](C)C1. The number of nitrogens with one attached hydrogen (secondary N) is 1. The summed E-state index contributed by atoms with van der Waals surface area (Å²) in [5.41, 5.74) is 4.00. The van der Waals surface area contributed by atoms with Crippen molar-refractivity contribution in [1.29, 1.82) is 0 Å². The van der Waals surface area contributed by atoms with Crippen molar-refractivity contribution >= 4 is 38.3 Å². The van der Waals surface area contributed by atoms with E-state index >= 15 is 0 Å². The van der Waals surface area contributed by atoms with Crippen LogP contribution in [-0.2, 0) is 4.74 Å². The Morgan fingerprint density at radius 2 is 1.97 bits per heavy atom. The fraction of sp³-hybridized carbons (Fsp3) is 0.333. The molecule has 9 heteroatoms. The molecule has 4 aromatic rings. The van der Waals surface area contributed by atoms with Crippen molar-refractivity contribution in [2.75, 3.05) is 50.1 Å². The van der Waals surface area contributed by atoms with E-state index in [0.717, 1.165) is 65.3 Å². The molecule has 4 aromatic heterocycles. The number of piperazine rings is 1. The Kier molecular flexibility index (Phi) is 6.43. The molecule has 1 fully saturated rings. The van der Waals surface area contributed by atoms with E-state index < -0.39 is 0 Å². The third-order valence-corrected chi connectivity index (χ3v) is 6.75. The molecule has 1 saturated heterocycles. The summed E-state index contributed by atoms with van der Waals surface area (Å²) >= 11 is 1.53. The van der Waals surface area contributed by atoms with Gasteiger partial charge in [0.2, 0.25) is 0 Å². The standard InChI is InChI=1S/C24H27N7OS/c1-17-16-30(13-14-32-2)11-12-31(17)19-7-10-26-22(15-19)29-24-28-21-4-3-20(27-23(21)33-24)18-5-8-25-9-6-18/h3-10,15,17H,11-14,16H2,1-2H3,(H,26,28,29)/t17-/m1/s1. The maximum absolute atomic E-state index is 5.23. The number of anilines is 3. The second-order valence-corrected chi connectivity index (χ2v) is 9.11. The van der Waals surface area contributed by atoms with Crippen LogP contribution in [0.2, 0.25) is 0 Å². The summed E-state index contributed by atoms with van der Waals surface area (Å²) in [6.45, 7) is 7.06. The molecule has 5 rings (SSSR count). The van der Waals surface area contributed by atoms with Crippen LogP contribution in [0.15, 0.2) is 55.0 Å². The molecule has 0 saturated carbocycles. The molecule has 5 heterocycles. The van der Waals surface area contributed by atoms with E-state index in [1.165, 1.54) is 17.0 Å². The van der Waals surface area contributed by atoms with Crippen LogP contribution >= 0.6 is 11.3 Å². The molecule has 0 aromatic carbocycles. The third-order valence-electron chi connectivity index (χ3n) is 5.87. The number of nitrogens with zero attached hydrogens (tertiary/aromatic N) is 6. The summed E-state index contributed by atoms with van der Waals surface area (Å²) in [6.07, 6.45) is 5.41. The van der Waals surface area contributed by atoms with E-state index in [1.54, 1.807) is 19.5 Å². The van der Waals surface area contributed by atoms with Gasteiger partial charge in [-0.15, -0.1) is 0 Å². The third kappa shape index (κ3) is 4.95. The highest BCUT2D eigenvalue weighted by atomic mass is 32.1. The molecule has 0 bridgehead atoms. The molecule has 0 unspecified atom stereocenters. The fourth-order valence-electron chi connectivity index (χ4n) is 4.17. The minimum atomic E-state index is 0.420. The molecule has 0 spiro atoms. The van der Waals surface area contributed by atoms with Crippen molar-refractivity contribution in [3.63, 3.8) is 0 Å². The second kappa shape index (κ2) is 9.78. The summed E-state index contributed by atoms with van der Waals surface area (Å²) in [6, 6.07) is 12.5. The predicted octanol–water partition coefficient (Wildman–Crippen LogP) is 4.05. The Hall–Kier alpha value is -3.14. The zero-order valence-corrected chi connectivity index (χ0v) is 19.6. The Labute approximate surface area is 197 Å². The van der Waals surface area contributed by atoms with Gasteiger partial charge < -0.3 is 15.0 Å². The van der Waals surface area contributed by atoms with E-state index in [-0.39, 0.29) is 0 Å².